The summed E-state index contributed by atoms with van der Waals surface area (Å²) in [5.41, 5.74) is 0.397. The number of carbonyl (C=O) groups excluding carboxylic acids is 2. The topological polar surface area (TPSA) is 111 Å². The number of nitrogens with one attached hydrogen (secondary N) is 2. The quantitative estimate of drug-likeness (QED) is 0.715. The second kappa shape index (κ2) is 6.07. The van der Waals surface area contributed by atoms with Crippen LogP contribution in [0.2, 0.25) is 0 Å². The minimum Gasteiger partial charge on any atom is -0.486 e. The van der Waals surface area contributed by atoms with Crippen molar-refractivity contribution in [1.29, 1.82) is 0 Å². The van der Waals surface area contributed by atoms with Gasteiger partial charge in [0.1, 0.15) is 13.2 Å². The van der Waals surface area contributed by atoms with Gasteiger partial charge in [0.2, 0.25) is 0 Å². The van der Waals surface area contributed by atoms with E-state index in [0.717, 1.165) is 0 Å². The summed E-state index contributed by atoms with van der Waals surface area (Å²) < 4.78 is 33.4. The molecule has 0 bridgehead atoms. The van der Waals surface area contributed by atoms with Gasteiger partial charge in [-0.25, -0.2) is 8.42 Å². The number of hydrogen-bond acceptors (Lipinski definition) is 6. The molecule has 1 atom stereocenters. The maximum atomic E-state index is 11.9. The molecule has 2 N–H and O–H groups in total. The van der Waals surface area contributed by atoms with E-state index in [1.165, 1.54) is 0 Å². The SMILES string of the molecule is O=C(Nc1ccc2c(c1)OCCO2)C(=O)NC1CCS(=O)(=O)C1. The highest BCUT2D eigenvalue weighted by Gasteiger charge is 2.30. The third-order valence-electron chi connectivity index (χ3n) is 3.57. The van der Waals surface area contributed by atoms with Crippen molar-refractivity contribution in [3.63, 3.8) is 0 Å². The summed E-state index contributed by atoms with van der Waals surface area (Å²) in [5.74, 6) is -0.739. The van der Waals surface area contributed by atoms with E-state index in [1.807, 2.05) is 0 Å². The Kier molecular flexibility index (Phi) is 4.12. The molecule has 2 aliphatic heterocycles. The van der Waals surface area contributed by atoms with Crippen LogP contribution in [0.25, 0.3) is 0 Å². The standard InChI is InChI=1S/C14H16N2O6S/c17-13(14(18)16-10-3-6-23(19,20)8-10)15-9-1-2-11-12(7-9)22-5-4-21-11/h1-2,7,10H,3-6,8H2,(H,15,17)(H,16,18). The fraction of sp³-hybridized carbons (Fsp3) is 0.429. The molecule has 1 aromatic carbocycles. The Morgan fingerprint density at radius 3 is 2.52 bits per heavy atom. The summed E-state index contributed by atoms with van der Waals surface area (Å²) >= 11 is 0. The Hall–Kier alpha value is -2.29. The minimum atomic E-state index is -3.11. The lowest BCUT2D eigenvalue weighted by Gasteiger charge is -2.19. The molecule has 2 heterocycles. The van der Waals surface area contributed by atoms with Gasteiger partial charge in [0.15, 0.2) is 21.3 Å². The maximum absolute atomic E-state index is 11.9. The van der Waals surface area contributed by atoms with Gasteiger partial charge in [-0.15, -0.1) is 0 Å². The Morgan fingerprint density at radius 2 is 1.83 bits per heavy atom. The van der Waals surface area contributed by atoms with Gasteiger partial charge in [-0.05, 0) is 18.6 Å². The highest BCUT2D eigenvalue weighted by atomic mass is 32.2. The van der Waals surface area contributed by atoms with Crippen molar-refractivity contribution in [2.75, 3.05) is 30.0 Å². The fourth-order valence-electron chi connectivity index (χ4n) is 2.47. The number of ether oxygens (including phenoxy) is 2. The molecule has 3 rings (SSSR count). The van der Waals surface area contributed by atoms with Crippen LogP contribution in [0.3, 0.4) is 0 Å². The molecule has 0 aromatic heterocycles. The van der Waals surface area contributed by atoms with Crippen LogP contribution < -0.4 is 20.1 Å². The van der Waals surface area contributed by atoms with Gasteiger partial charge in [0.25, 0.3) is 0 Å². The molecular formula is C14H16N2O6S. The molecule has 1 unspecified atom stereocenters. The van der Waals surface area contributed by atoms with Gasteiger partial charge in [0, 0.05) is 17.8 Å². The normalized spacial score (nSPS) is 21.5. The number of rotatable bonds is 2. The van der Waals surface area contributed by atoms with Crippen molar-refractivity contribution in [3.8, 4) is 11.5 Å². The summed E-state index contributed by atoms with van der Waals surface area (Å²) in [6, 6.07) is 4.29. The van der Waals surface area contributed by atoms with Gasteiger partial charge in [0.05, 0.1) is 11.5 Å². The number of benzene rings is 1. The molecule has 0 aliphatic carbocycles. The van der Waals surface area contributed by atoms with Crippen molar-refractivity contribution < 1.29 is 27.5 Å². The lowest BCUT2D eigenvalue weighted by atomic mass is 10.2. The van der Waals surface area contributed by atoms with Crippen LogP contribution in [0, 0.1) is 0 Å². The van der Waals surface area contributed by atoms with E-state index < -0.39 is 27.7 Å². The smallest absolute Gasteiger partial charge is 0.313 e. The zero-order valence-electron chi connectivity index (χ0n) is 12.2. The summed E-state index contributed by atoms with van der Waals surface area (Å²) in [5, 5.41) is 4.88. The van der Waals surface area contributed by atoms with Crippen molar-refractivity contribution in [1.82, 2.24) is 5.32 Å². The Balaban J connectivity index is 1.59. The second-order valence-corrected chi connectivity index (χ2v) is 7.61. The monoisotopic (exact) mass is 340 g/mol. The Morgan fingerprint density at radius 1 is 1.09 bits per heavy atom. The van der Waals surface area contributed by atoms with Crippen LogP contribution in [-0.4, -0.2) is 51.0 Å². The average Bonchev–Trinajstić information content (AvgIpc) is 2.86. The van der Waals surface area contributed by atoms with Crippen molar-refractivity contribution in [2.45, 2.75) is 12.5 Å². The van der Waals surface area contributed by atoms with Crippen LogP contribution in [0.4, 0.5) is 5.69 Å². The summed E-state index contributed by atoms with van der Waals surface area (Å²) in [6.45, 7) is 0.881. The Labute approximate surface area is 133 Å². The summed E-state index contributed by atoms with van der Waals surface area (Å²) in [7, 11) is -3.11. The first-order chi connectivity index (χ1) is 10.9. The second-order valence-electron chi connectivity index (χ2n) is 5.39. The molecule has 124 valence electrons. The molecule has 1 aromatic rings. The molecule has 1 fully saturated rings. The third-order valence-corrected chi connectivity index (χ3v) is 5.34. The number of amides is 2. The van der Waals surface area contributed by atoms with Crippen LogP contribution in [0.15, 0.2) is 18.2 Å². The van der Waals surface area contributed by atoms with E-state index in [9.17, 15) is 18.0 Å². The molecule has 8 nitrogen and oxygen atoms in total. The molecule has 2 amide bonds. The molecule has 9 heteroatoms. The Bertz CT molecular complexity index is 746. The largest absolute Gasteiger partial charge is 0.486 e. The first-order valence-electron chi connectivity index (χ1n) is 7.15. The fourth-order valence-corrected chi connectivity index (χ4v) is 4.14. The third kappa shape index (κ3) is 3.73. The van der Waals surface area contributed by atoms with E-state index in [0.29, 0.717) is 36.8 Å². The number of fused-ring (bicyclic) bond motifs is 1. The number of sulfone groups is 1. The van der Waals surface area contributed by atoms with Crippen LogP contribution in [0.5, 0.6) is 11.5 Å². The molecule has 23 heavy (non-hydrogen) atoms. The van der Waals surface area contributed by atoms with Crippen LogP contribution >= 0.6 is 0 Å². The van der Waals surface area contributed by atoms with Crippen LogP contribution in [-0.2, 0) is 19.4 Å². The summed E-state index contributed by atoms with van der Waals surface area (Å²) in [6.07, 6.45) is 0.325. The highest BCUT2D eigenvalue weighted by Crippen LogP contribution is 2.32. The first kappa shape index (κ1) is 15.6. The van der Waals surface area contributed by atoms with Gasteiger partial charge < -0.3 is 20.1 Å². The number of anilines is 1. The lowest BCUT2D eigenvalue weighted by Crippen LogP contribution is -2.42. The average molecular weight is 340 g/mol. The predicted octanol–water partition coefficient (Wildman–Crippen LogP) is -0.300. The predicted molar refractivity (Wildman–Crippen MR) is 81.3 cm³/mol. The highest BCUT2D eigenvalue weighted by molar-refractivity contribution is 7.91. The molecule has 0 spiro atoms. The zero-order chi connectivity index (χ0) is 16.4. The van der Waals surface area contributed by atoms with E-state index >= 15 is 0 Å². The van der Waals surface area contributed by atoms with Crippen molar-refractivity contribution >= 4 is 27.3 Å². The van der Waals surface area contributed by atoms with E-state index in [-0.39, 0.29) is 11.5 Å². The number of carbonyl (C=O) groups is 2. The molecular weight excluding hydrogens is 324 g/mol. The van der Waals surface area contributed by atoms with Crippen molar-refractivity contribution in [3.05, 3.63) is 18.2 Å². The lowest BCUT2D eigenvalue weighted by molar-refractivity contribution is -0.136. The van der Waals surface area contributed by atoms with Gasteiger partial charge in [-0.2, -0.15) is 0 Å². The van der Waals surface area contributed by atoms with E-state index in [1.54, 1.807) is 18.2 Å². The van der Waals surface area contributed by atoms with Gasteiger partial charge in [-0.1, -0.05) is 0 Å². The number of hydrogen-bond donors (Lipinski definition) is 2. The summed E-state index contributed by atoms with van der Waals surface area (Å²) in [4.78, 5) is 23.7. The molecule has 0 radical (unpaired) electrons. The van der Waals surface area contributed by atoms with Gasteiger partial charge >= 0.3 is 11.8 Å². The molecule has 0 saturated carbocycles. The van der Waals surface area contributed by atoms with E-state index in [4.69, 9.17) is 9.47 Å². The molecule has 2 aliphatic rings. The minimum absolute atomic E-state index is 0.0295. The van der Waals surface area contributed by atoms with E-state index in [2.05, 4.69) is 10.6 Å². The van der Waals surface area contributed by atoms with Gasteiger partial charge in [-0.3, -0.25) is 9.59 Å². The maximum Gasteiger partial charge on any atom is 0.313 e. The van der Waals surface area contributed by atoms with Crippen molar-refractivity contribution in [2.24, 2.45) is 0 Å². The zero-order valence-corrected chi connectivity index (χ0v) is 13.0. The molecule has 1 saturated heterocycles. The first-order valence-corrected chi connectivity index (χ1v) is 8.97. The van der Waals surface area contributed by atoms with Crippen LogP contribution in [0.1, 0.15) is 6.42 Å².